The van der Waals surface area contributed by atoms with Gasteiger partial charge in [-0.25, -0.2) is 0 Å². The van der Waals surface area contributed by atoms with Gasteiger partial charge in [0.05, 0.1) is 5.71 Å². The number of hydrogen-bond donors (Lipinski definition) is 0. The largest absolute Gasteiger partial charge is 0.481 e. The second-order valence-corrected chi connectivity index (χ2v) is 4.61. The van der Waals surface area contributed by atoms with Crippen molar-refractivity contribution >= 4 is 5.71 Å². The Hall–Kier alpha value is -1.79. The number of rotatable bonds is 4. The molecular weight excluding hydrogens is 246 g/mol. The Kier molecular flexibility index (Phi) is 3.64. The molecule has 0 N–H and O–H groups in total. The highest BCUT2D eigenvalue weighted by Gasteiger charge is 2.47. The van der Waals surface area contributed by atoms with Crippen LogP contribution in [0.25, 0.3) is 0 Å². The van der Waals surface area contributed by atoms with Crippen LogP contribution in [0.5, 0.6) is 0 Å². The minimum atomic E-state index is -1.60. The first-order valence-corrected chi connectivity index (χ1v) is 5.94. The second-order valence-electron chi connectivity index (χ2n) is 4.61. The fraction of sp³-hybridized carbons (Fsp3) is 0.462. The standard InChI is InChI=1S/C13H17N3O3/c1-10(11-8-6-5-7-9-11)14-19-13(17-4)16-15-12(2,3)18-13/h5-9H,1-4H3/b14-10+. The average molecular weight is 263 g/mol. The zero-order chi connectivity index (χ0) is 13.9. The van der Waals surface area contributed by atoms with Crippen molar-refractivity contribution in [1.29, 1.82) is 0 Å². The summed E-state index contributed by atoms with van der Waals surface area (Å²) in [4.78, 5) is 5.27. The highest BCUT2D eigenvalue weighted by atomic mass is 16.9. The number of benzene rings is 1. The zero-order valence-corrected chi connectivity index (χ0v) is 11.5. The molecule has 0 saturated heterocycles. The molecule has 1 aromatic carbocycles. The highest BCUT2D eigenvalue weighted by molar-refractivity contribution is 5.98. The third kappa shape index (κ3) is 3.15. The molecule has 0 radical (unpaired) electrons. The van der Waals surface area contributed by atoms with Crippen LogP contribution in [0, 0.1) is 0 Å². The molecule has 0 aromatic heterocycles. The molecule has 0 bridgehead atoms. The van der Waals surface area contributed by atoms with Crippen LogP contribution in [0.3, 0.4) is 0 Å². The summed E-state index contributed by atoms with van der Waals surface area (Å²) in [5.74, 6) is 0. The van der Waals surface area contributed by atoms with Crippen LogP contribution >= 0.6 is 0 Å². The molecule has 0 saturated carbocycles. The first-order valence-electron chi connectivity index (χ1n) is 5.94. The van der Waals surface area contributed by atoms with Gasteiger partial charge in [-0.05, 0) is 26.3 Å². The summed E-state index contributed by atoms with van der Waals surface area (Å²) in [6.45, 7) is 5.35. The van der Waals surface area contributed by atoms with Gasteiger partial charge in [0.2, 0.25) is 0 Å². The molecule has 1 unspecified atom stereocenters. The van der Waals surface area contributed by atoms with Gasteiger partial charge in [0.25, 0.3) is 0 Å². The quantitative estimate of drug-likeness (QED) is 0.476. The lowest BCUT2D eigenvalue weighted by Crippen LogP contribution is -2.36. The van der Waals surface area contributed by atoms with E-state index in [2.05, 4.69) is 15.4 Å². The van der Waals surface area contributed by atoms with Crippen molar-refractivity contribution in [2.24, 2.45) is 15.4 Å². The number of hydrogen-bond acceptors (Lipinski definition) is 6. The summed E-state index contributed by atoms with van der Waals surface area (Å²) >= 11 is 0. The maximum atomic E-state index is 5.49. The third-order valence-corrected chi connectivity index (χ3v) is 2.54. The van der Waals surface area contributed by atoms with Gasteiger partial charge in [0.15, 0.2) is 5.72 Å². The lowest BCUT2D eigenvalue weighted by atomic mass is 10.1. The summed E-state index contributed by atoms with van der Waals surface area (Å²) in [5.41, 5.74) is 0.857. The van der Waals surface area contributed by atoms with Gasteiger partial charge in [-0.1, -0.05) is 40.6 Å². The fourth-order valence-corrected chi connectivity index (χ4v) is 1.55. The molecule has 0 spiro atoms. The van der Waals surface area contributed by atoms with Crippen molar-refractivity contribution in [2.75, 3.05) is 7.11 Å². The smallest absolute Gasteiger partial charge is 0.308 e. The Bertz CT molecular complexity index is 499. The molecule has 0 aliphatic carbocycles. The van der Waals surface area contributed by atoms with E-state index in [0.29, 0.717) is 5.71 Å². The first kappa shape index (κ1) is 13.6. The Balaban J connectivity index is 2.11. The van der Waals surface area contributed by atoms with Gasteiger partial charge < -0.3 is 4.84 Å². The van der Waals surface area contributed by atoms with Crippen LogP contribution in [-0.2, 0) is 14.3 Å². The third-order valence-electron chi connectivity index (χ3n) is 2.54. The maximum Gasteiger partial charge on any atom is 0.481 e. The van der Waals surface area contributed by atoms with Crippen molar-refractivity contribution < 1.29 is 14.3 Å². The highest BCUT2D eigenvalue weighted by Crippen LogP contribution is 2.33. The van der Waals surface area contributed by atoms with Crippen LogP contribution in [0.15, 0.2) is 45.7 Å². The SMILES string of the molecule is COC1(O/N=C(\C)c2ccccc2)N=NC(C)(C)O1. The van der Waals surface area contributed by atoms with Gasteiger partial charge >= 0.3 is 6.10 Å². The molecule has 1 aliphatic rings. The Morgan fingerprint density at radius 1 is 1.21 bits per heavy atom. The van der Waals surface area contributed by atoms with Gasteiger partial charge in [-0.3, -0.25) is 9.47 Å². The van der Waals surface area contributed by atoms with Crippen molar-refractivity contribution in [2.45, 2.75) is 32.6 Å². The van der Waals surface area contributed by atoms with Crippen LogP contribution in [0.4, 0.5) is 0 Å². The molecule has 1 aliphatic heterocycles. The van der Waals surface area contributed by atoms with Crippen LogP contribution < -0.4 is 0 Å². The number of nitrogens with zero attached hydrogens (tertiary/aromatic N) is 3. The lowest BCUT2D eigenvalue weighted by molar-refractivity contribution is -0.376. The Morgan fingerprint density at radius 3 is 2.42 bits per heavy atom. The molecule has 1 heterocycles. The fourth-order valence-electron chi connectivity index (χ4n) is 1.55. The van der Waals surface area contributed by atoms with Crippen molar-refractivity contribution in [3.63, 3.8) is 0 Å². The number of methoxy groups -OCH3 is 1. The molecular formula is C13H17N3O3. The minimum absolute atomic E-state index is 0.695. The molecule has 6 nitrogen and oxygen atoms in total. The topological polar surface area (TPSA) is 64.8 Å². The van der Waals surface area contributed by atoms with E-state index in [0.717, 1.165) is 5.56 Å². The summed E-state index contributed by atoms with van der Waals surface area (Å²) in [6.07, 6.45) is -1.60. The number of oxime groups is 1. The monoisotopic (exact) mass is 263 g/mol. The Labute approximate surface area is 112 Å². The van der Waals surface area contributed by atoms with E-state index in [9.17, 15) is 0 Å². The molecule has 0 amide bonds. The van der Waals surface area contributed by atoms with Gasteiger partial charge in [-0.15, -0.1) is 5.11 Å². The second kappa shape index (κ2) is 5.07. The summed E-state index contributed by atoms with van der Waals surface area (Å²) in [5, 5.41) is 11.8. The summed E-state index contributed by atoms with van der Waals surface area (Å²) in [7, 11) is 1.42. The maximum absolute atomic E-state index is 5.49. The van der Waals surface area contributed by atoms with Crippen LogP contribution in [0.1, 0.15) is 26.3 Å². The first-order chi connectivity index (χ1) is 8.96. The van der Waals surface area contributed by atoms with E-state index in [1.54, 1.807) is 13.8 Å². The van der Waals surface area contributed by atoms with E-state index >= 15 is 0 Å². The predicted molar refractivity (Wildman–Crippen MR) is 69.5 cm³/mol. The molecule has 1 aromatic rings. The van der Waals surface area contributed by atoms with Gasteiger partial charge in [0.1, 0.15) is 0 Å². The van der Waals surface area contributed by atoms with Crippen LogP contribution in [0.2, 0.25) is 0 Å². The lowest BCUT2D eigenvalue weighted by Gasteiger charge is -2.22. The Morgan fingerprint density at radius 2 is 1.89 bits per heavy atom. The predicted octanol–water partition coefficient (Wildman–Crippen LogP) is 2.90. The number of azo groups is 1. The molecule has 102 valence electrons. The molecule has 19 heavy (non-hydrogen) atoms. The van der Waals surface area contributed by atoms with E-state index < -0.39 is 11.8 Å². The summed E-state index contributed by atoms with van der Waals surface area (Å²) in [6, 6.07) is 9.65. The molecule has 1 atom stereocenters. The van der Waals surface area contributed by atoms with Crippen molar-refractivity contribution in [3.8, 4) is 0 Å². The van der Waals surface area contributed by atoms with Crippen LogP contribution in [-0.4, -0.2) is 24.6 Å². The summed E-state index contributed by atoms with van der Waals surface area (Å²) < 4.78 is 10.6. The number of ether oxygens (including phenoxy) is 2. The van der Waals surface area contributed by atoms with E-state index in [1.807, 2.05) is 37.3 Å². The van der Waals surface area contributed by atoms with E-state index in [1.165, 1.54) is 7.11 Å². The zero-order valence-electron chi connectivity index (χ0n) is 11.5. The van der Waals surface area contributed by atoms with E-state index in [4.69, 9.17) is 14.3 Å². The molecule has 2 rings (SSSR count). The molecule has 6 heteroatoms. The van der Waals surface area contributed by atoms with E-state index in [-0.39, 0.29) is 0 Å². The molecule has 0 fully saturated rings. The van der Waals surface area contributed by atoms with Crippen molar-refractivity contribution in [3.05, 3.63) is 35.9 Å². The average Bonchev–Trinajstić information content (AvgIpc) is 2.73. The normalized spacial score (nSPS) is 25.6. The minimum Gasteiger partial charge on any atom is -0.308 e. The van der Waals surface area contributed by atoms with Crippen molar-refractivity contribution in [1.82, 2.24) is 0 Å². The van der Waals surface area contributed by atoms with Gasteiger partial charge in [0, 0.05) is 7.11 Å². The van der Waals surface area contributed by atoms with Gasteiger partial charge in [-0.2, -0.15) is 0 Å².